The molecule has 0 radical (unpaired) electrons. The van der Waals surface area contributed by atoms with Crippen LogP contribution in [0.3, 0.4) is 0 Å². The minimum Gasteiger partial charge on any atom is -0.473 e. The van der Waals surface area contributed by atoms with E-state index in [0.717, 1.165) is 18.4 Å². The van der Waals surface area contributed by atoms with Crippen LogP contribution in [-0.2, 0) is 0 Å². The monoisotopic (exact) mass is 244 g/mol. The third-order valence-electron chi connectivity index (χ3n) is 3.33. The molecule has 1 aliphatic carbocycles. The van der Waals surface area contributed by atoms with E-state index in [4.69, 9.17) is 10.5 Å². The zero-order chi connectivity index (χ0) is 12.4. The van der Waals surface area contributed by atoms with Crippen molar-refractivity contribution in [3.05, 3.63) is 24.5 Å². The normalized spacial score (nSPS) is 24.1. The largest absolute Gasteiger partial charge is 0.473 e. The van der Waals surface area contributed by atoms with Crippen molar-refractivity contribution in [3.63, 3.8) is 0 Å². The molecule has 1 aliphatic rings. The van der Waals surface area contributed by atoms with Crippen LogP contribution < -0.4 is 10.5 Å². The van der Waals surface area contributed by atoms with E-state index >= 15 is 0 Å². The number of rotatable bonds is 2. The van der Waals surface area contributed by atoms with Gasteiger partial charge in [-0.1, -0.05) is 6.42 Å². The Hall–Kier alpha value is -1.75. The molecule has 18 heavy (non-hydrogen) atoms. The van der Waals surface area contributed by atoms with Gasteiger partial charge in [0, 0.05) is 24.5 Å². The van der Waals surface area contributed by atoms with Gasteiger partial charge < -0.3 is 10.5 Å². The summed E-state index contributed by atoms with van der Waals surface area (Å²) >= 11 is 0. The van der Waals surface area contributed by atoms with E-state index in [1.54, 1.807) is 12.4 Å². The van der Waals surface area contributed by atoms with E-state index in [0.29, 0.717) is 11.5 Å². The molecule has 0 spiro atoms. The van der Waals surface area contributed by atoms with Crippen LogP contribution in [0.25, 0.3) is 11.2 Å². The van der Waals surface area contributed by atoms with Crippen molar-refractivity contribution in [3.8, 4) is 5.88 Å². The molecule has 2 aromatic rings. The van der Waals surface area contributed by atoms with Crippen LogP contribution in [0.5, 0.6) is 5.88 Å². The Morgan fingerprint density at radius 3 is 2.83 bits per heavy atom. The number of ether oxygens (including phenoxy) is 1. The maximum atomic E-state index is 6.06. The number of aromatic nitrogens is 3. The Morgan fingerprint density at radius 1 is 1.11 bits per heavy atom. The summed E-state index contributed by atoms with van der Waals surface area (Å²) in [7, 11) is 0. The van der Waals surface area contributed by atoms with Crippen LogP contribution in [0, 0.1) is 0 Å². The highest BCUT2D eigenvalue weighted by Crippen LogP contribution is 2.22. The van der Waals surface area contributed by atoms with E-state index in [9.17, 15) is 0 Å². The fourth-order valence-electron chi connectivity index (χ4n) is 2.33. The number of nitrogens with two attached hydrogens (primary N) is 1. The predicted molar refractivity (Wildman–Crippen MR) is 68.2 cm³/mol. The van der Waals surface area contributed by atoms with Gasteiger partial charge in [-0.25, -0.2) is 4.98 Å². The molecule has 1 fully saturated rings. The lowest BCUT2D eigenvalue weighted by Crippen LogP contribution is -2.41. The highest BCUT2D eigenvalue weighted by Gasteiger charge is 2.23. The summed E-state index contributed by atoms with van der Waals surface area (Å²) in [5.74, 6) is 0.588. The van der Waals surface area contributed by atoms with Crippen LogP contribution in [0.4, 0.5) is 0 Å². The van der Waals surface area contributed by atoms with E-state index in [1.165, 1.54) is 12.8 Å². The molecule has 0 aliphatic heterocycles. The van der Waals surface area contributed by atoms with Crippen LogP contribution in [0.1, 0.15) is 25.7 Å². The van der Waals surface area contributed by atoms with Gasteiger partial charge in [-0.3, -0.25) is 4.98 Å². The molecule has 1 saturated carbocycles. The SMILES string of the molecule is NC1CCCCC1Oc1ccc2nccnc2n1. The van der Waals surface area contributed by atoms with Crippen LogP contribution in [0.15, 0.2) is 24.5 Å². The van der Waals surface area contributed by atoms with Crippen LogP contribution >= 0.6 is 0 Å². The summed E-state index contributed by atoms with van der Waals surface area (Å²) in [6.07, 6.45) is 7.75. The first-order valence-electron chi connectivity index (χ1n) is 6.33. The molecule has 2 N–H and O–H groups in total. The van der Waals surface area contributed by atoms with Crippen molar-refractivity contribution in [1.82, 2.24) is 15.0 Å². The molecule has 2 aromatic heterocycles. The summed E-state index contributed by atoms with van der Waals surface area (Å²) in [5.41, 5.74) is 7.44. The number of pyridine rings is 1. The molecule has 0 aromatic carbocycles. The summed E-state index contributed by atoms with van der Waals surface area (Å²) in [5, 5.41) is 0. The molecule has 3 rings (SSSR count). The first-order chi connectivity index (χ1) is 8.83. The van der Waals surface area contributed by atoms with Crippen molar-refractivity contribution in [1.29, 1.82) is 0 Å². The third-order valence-corrected chi connectivity index (χ3v) is 3.33. The van der Waals surface area contributed by atoms with Crippen molar-refractivity contribution in [2.45, 2.75) is 37.8 Å². The van der Waals surface area contributed by atoms with Gasteiger partial charge in [-0.2, -0.15) is 4.98 Å². The molecule has 5 nitrogen and oxygen atoms in total. The van der Waals surface area contributed by atoms with Gasteiger partial charge >= 0.3 is 0 Å². The maximum absolute atomic E-state index is 6.06. The molecule has 2 heterocycles. The highest BCUT2D eigenvalue weighted by molar-refractivity contribution is 5.69. The quantitative estimate of drug-likeness (QED) is 0.869. The zero-order valence-corrected chi connectivity index (χ0v) is 10.1. The second-order valence-corrected chi connectivity index (χ2v) is 4.65. The molecule has 0 amide bonds. The summed E-state index contributed by atoms with van der Waals surface area (Å²) < 4.78 is 5.87. The van der Waals surface area contributed by atoms with Crippen molar-refractivity contribution >= 4 is 11.2 Å². The predicted octanol–water partition coefficient (Wildman–Crippen LogP) is 1.67. The van der Waals surface area contributed by atoms with Crippen molar-refractivity contribution < 1.29 is 4.74 Å². The molecule has 5 heteroatoms. The lowest BCUT2D eigenvalue weighted by molar-refractivity contribution is 0.127. The average molecular weight is 244 g/mol. The Balaban J connectivity index is 1.81. The topological polar surface area (TPSA) is 73.9 Å². The minimum atomic E-state index is 0.0698. The standard InChI is InChI=1S/C13H16N4O/c14-9-3-1-2-4-11(9)18-12-6-5-10-13(17-12)16-8-7-15-10/h5-9,11H,1-4,14H2. The Bertz CT molecular complexity index is 545. The summed E-state index contributed by atoms with van der Waals surface area (Å²) in [6.45, 7) is 0. The second-order valence-electron chi connectivity index (χ2n) is 4.65. The van der Waals surface area contributed by atoms with Gasteiger partial charge in [0.25, 0.3) is 0 Å². The lowest BCUT2D eigenvalue weighted by Gasteiger charge is -2.28. The van der Waals surface area contributed by atoms with Gasteiger partial charge in [0.2, 0.25) is 5.88 Å². The van der Waals surface area contributed by atoms with Gasteiger partial charge in [0.05, 0.1) is 0 Å². The maximum Gasteiger partial charge on any atom is 0.215 e. The van der Waals surface area contributed by atoms with E-state index in [1.807, 2.05) is 12.1 Å². The number of nitrogens with zero attached hydrogens (tertiary/aromatic N) is 3. The molecular weight excluding hydrogens is 228 g/mol. The van der Waals surface area contributed by atoms with E-state index in [2.05, 4.69) is 15.0 Å². The fourth-order valence-corrected chi connectivity index (χ4v) is 2.33. The number of fused-ring (bicyclic) bond motifs is 1. The fraction of sp³-hybridized carbons (Fsp3) is 0.462. The van der Waals surface area contributed by atoms with E-state index < -0.39 is 0 Å². The van der Waals surface area contributed by atoms with E-state index in [-0.39, 0.29) is 12.1 Å². The lowest BCUT2D eigenvalue weighted by atomic mass is 9.93. The van der Waals surface area contributed by atoms with Gasteiger partial charge in [0.15, 0.2) is 5.65 Å². The van der Waals surface area contributed by atoms with Gasteiger partial charge in [0.1, 0.15) is 11.6 Å². The first kappa shape index (κ1) is 11.3. The Kier molecular flexibility index (Phi) is 3.06. The molecule has 2 atom stereocenters. The molecule has 94 valence electrons. The van der Waals surface area contributed by atoms with Gasteiger partial charge in [-0.15, -0.1) is 0 Å². The Labute approximate surface area is 105 Å². The summed E-state index contributed by atoms with van der Waals surface area (Å²) in [6, 6.07) is 3.82. The molecule has 2 unspecified atom stereocenters. The minimum absolute atomic E-state index is 0.0698. The number of hydrogen-bond donors (Lipinski definition) is 1. The third kappa shape index (κ3) is 2.26. The summed E-state index contributed by atoms with van der Waals surface area (Å²) in [4.78, 5) is 12.7. The molecular formula is C13H16N4O. The molecule has 0 saturated heterocycles. The van der Waals surface area contributed by atoms with Gasteiger partial charge in [-0.05, 0) is 25.3 Å². The van der Waals surface area contributed by atoms with Crippen molar-refractivity contribution in [2.75, 3.05) is 0 Å². The smallest absolute Gasteiger partial charge is 0.215 e. The van der Waals surface area contributed by atoms with Crippen LogP contribution in [-0.4, -0.2) is 27.1 Å². The second kappa shape index (κ2) is 4.86. The van der Waals surface area contributed by atoms with Crippen LogP contribution in [0.2, 0.25) is 0 Å². The van der Waals surface area contributed by atoms with Crippen molar-refractivity contribution in [2.24, 2.45) is 5.73 Å². The Morgan fingerprint density at radius 2 is 1.94 bits per heavy atom. The number of hydrogen-bond acceptors (Lipinski definition) is 5. The molecule has 0 bridgehead atoms. The highest BCUT2D eigenvalue weighted by atomic mass is 16.5. The zero-order valence-electron chi connectivity index (χ0n) is 10.1. The average Bonchev–Trinajstić information content (AvgIpc) is 2.41. The first-order valence-corrected chi connectivity index (χ1v) is 6.33.